The van der Waals surface area contributed by atoms with Crippen molar-refractivity contribution in [3.05, 3.63) is 59.7 Å². The number of carbonyl (C=O) groups excluding carboxylic acids is 1. The van der Waals surface area contributed by atoms with E-state index in [2.05, 4.69) is 20.9 Å². The summed E-state index contributed by atoms with van der Waals surface area (Å²) in [5.74, 6) is -0.469. The average molecular weight is 430 g/mol. The van der Waals surface area contributed by atoms with Gasteiger partial charge in [-0.15, -0.1) is 0 Å². The van der Waals surface area contributed by atoms with E-state index in [-0.39, 0.29) is 11.9 Å². The zero-order chi connectivity index (χ0) is 22.2. The van der Waals surface area contributed by atoms with E-state index in [9.17, 15) is 13.6 Å². The maximum atomic E-state index is 14.1. The number of hydrogen-bond acceptors (Lipinski definition) is 3. The van der Waals surface area contributed by atoms with E-state index in [4.69, 9.17) is 0 Å². The molecule has 2 aromatic carbocycles. The fourth-order valence-electron chi connectivity index (χ4n) is 3.62. The topological polar surface area (TPSA) is 68.8 Å². The van der Waals surface area contributed by atoms with Crippen molar-refractivity contribution in [1.82, 2.24) is 10.6 Å². The average Bonchev–Trinajstić information content (AvgIpc) is 3.19. The quantitative estimate of drug-likeness (QED) is 0.464. The Balaban J connectivity index is 1.52. The smallest absolute Gasteiger partial charge is 0.224 e. The van der Waals surface area contributed by atoms with Crippen molar-refractivity contribution < 1.29 is 13.6 Å². The molecule has 1 heterocycles. The number of nitrogens with one attached hydrogen (secondary N) is 3. The second kappa shape index (κ2) is 10.7. The molecule has 0 spiro atoms. The van der Waals surface area contributed by atoms with Crippen molar-refractivity contribution in [2.45, 2.75) is 38.8 Å². The summed E-state index contributed by atoms with van der Waals surface area (Å²) in [6.45, 7) is 3.79. The highest BCUT2D eigenvalue weighted by molar-refractivity contribution is 5.90. The van der Waals surface area contributed by atoms with Crippen LogP contribution in [0.3, 0.4) is 0 Å². The number of benzene rings is 2. The van der Waals surface area contributed by atoms with Crippen LogP contribution in [-0.4, -0.2) is 38.0 Å². The van der Waals surface area contributed by atoms with E-state index in [0.29, 0.717) is 37.7 Å². The molecule has 1 atom stereocenters. The Kier molecular flexibility index (Phi) is 7.81. The zero-order valence-corrected chi connectivity index (χ0v) is 17.9. The molecule has 1 saturated heterocycles. The number of hydrogen-bond donors (Lipinski definition) is 3. The summed E-state index contributed by atoms with van der Waals surface area (Å²) < 4.78 is 27.2. The van der Waals surface area contributed by atoms with E-state index in [0.717, 1.165) is 30.2 Å². The van der Waals surface area contributed by atoms with Crippen molar-refractivity contribution in [1.29, 1.82) is 0 Å². The van der Waals surface area contributed by atoms with E-state index < -0.39 is 11.6 Å². The maximum absolute atomic E-state index is 14.1. The summed E-state index contributed by atoms with van der Waals surface area (Å²) in [7, 11) is 1.70. The SMILES string of the molecule is CCCC(=O)Nc1cccc(CNC(=NC)NC2CCN(c3ccc(F)cc3F)C2)c1. The molecule has 1 aliphatic heterocycles. The number of amides is 1. The molecule has 0 aromatic heterocycles. The first-order chi connectivity index (χ1) is 15.0. The molecule has 2 aromatic rings. The Labute approximate surface area is 181 Å². The molecule has 0 radical (unpaired) electrons. The molecule has 0 aliphatic carbocycles. The van der Waals surface area contributed by atoms with Gasteiger partial charge in [0.25, 0.3) is 0 Å². The van der Waals surface area contributed by atoms with Gasteiger partial charge >= 0.3 is 0 Å². The zero-order valence-electron chi connectivity index (χ0n) is 17.9. The van der Waals surface area contributed by atoms with Crippen LogP contribution in [0.5, 0.6) is 0 Å². The summed E-state index contributed by atoms with van der Waals surface area (Å²) in [4.78, 5) is 18.0. The lowest BCUT2D eigenvalue weighted by Gasteiger charge is -2.21. The summed E-state index contributed by atoms with van der Waals surface area (Å²) in [6, 6.07) is 11.4. The van der Waals surface area contributed by atoms with Gasteiger partial charge in [-0.05, 0) is 42.7 Å². The lowest BCUT2D eigenvalue weighted by molar-refractivity contribution is -0.116. The Hall–Kier alpha value is -3.16. The first kappa shape index (κ1) is 22.5. The highest BCUT2D eigenvalue weighted by atomic mass is 19.1. The van der Waals surface area contributed by atoms with Crippen LogP contribution in [0.1, 0.15) is 31.7 Å². The van der Waals surface area contributed by atoms with Crippen LogP contribution in [0.4, 0.5) is 20.2 Å². The van der Waals surface area contributed by atoms with Crippen LogP contribution in [0.25, 0.3) is 0 Å². The second-order valence-electron chi connectivity index (χ2n) is 7.60. The van der Waals surface area contributed by atoms with E-state index in [1.807, 2.05) is 36.1 Å². The van der Waals surface area contributed by atoms with Crippen molar-refractivity contribution in [3.63, 3.8) is 0 Å². The van der Waals surface area contributed by atoms with Crippen LogP contribution in [0, 0.1) is 11.6 Å². The summed E-state index contributed by atoms with van der Waals surface area (Å²) in [5.41, 5.74) is 2.20. The highest BCUT2D eigenvalue weighted by Gasteiger charge is 2.25. The van der Waals surface area contributed by atoms with Gasteiger partial charge < -0.3 is 20.9 Å². The van der Waals surface area contributed by atoms with Gasteiger partial charge in [-0.25, -0.2) is 8.78 Å². The minimum Gasteiger partial charge on any atom is -0.367 e. The number of halogens is 2. The fourth-order valence-corrected chi connectivity index (χ4v) is 3.62. The highest BCUT2D eigenvalue weighted by Crippen LogP contribution is 2.24. The lowest BCUT2D eigenvalue weighted by atomic mass is 10.2. The first-order valence-electron chi connectivity index (χ1n) is 10.5. The van der Waals surface area contributed by atoms with Gasteiger partial charge in [0.05, 0.1) is 5.69 Å². The van der Waals surface area contributed by atoms with Gasteiger partial charge in [-0.3, -0.25) is 9.79 Å². The minimum absolute atomic E-state index is 0.00784. The fraction of sp³-hybridized carbons (Fsp3) is 0.391. The van der Waals surface area contributed by atoms with Crippen molar-refractivity contribution in [3.8, 4) is 0 Å². The molecule has 1 unspecified atom stereocenters. The molecule has 6 nitrogen and oxygen atoms in total. The van der Waals surface area contributed by atoms with E-state index in [1.54, 1.807) is 7.05 Å². The first-order valence-corrected chi connectivity index (χ1v) is 10.5. The van der Waals surface area contributed by atoms with Crippen LogP contribution in [-0.2, 0) is 11.3 Å². The Bertz CT molecular complexity index is 934. The number of nitrogens with zero attached hydrogens (tertiary/aromatic N) is 2. The van der Waals surface area contributed by atoms with Gasteiger partial charge in [-0.1, -0.05) is 19.1 Å². The summed E-state index contributed by atoms with van der Waals surface area (Å²) >= 11 is 0. The Morgan fingerprint density at radius 1 is 1.23 bits per heavy atom. The molecule has 1 amide bonds. The summed E-state index contributed by atoms with van der Waals surface area (Å²) in [6.07, 6.45) is 2.12. The molecule has 1 aliphatic rings. The molecular weight excluding hydrogens is 400 g/mol. The standard InChI is InChI=1S/C23H29F2N5O/c1-3-5-22(31)28-18-7-4-6-16(12-18)14-27-23(26-2)29-19-10-11-30(15-19)21-9-8-17(24)13-20(21)25/h4,6-9,12-13,19H,3,5,10-11,14-15H2,1-2H3,(H,28,31)(H2,26,27,29). The number of anilines is 2. The summed E-state index contributed by atoms with van der Waals surface area (Å²) in [5, 5.41) is 9.54. The van der Waals surface area contributed by atoms with Crippen LogP contribution in [0.15, 0.2) is 47.5 Å². The van der Waals surface area contributed by atoms with Crippen molar-refractivity contribution in [2.24, 2.45) is 4.99 Å². The minimum atomic E-state index is -0.575. The number of aliphatic imine (C=N–C) groups is 1. The van der Waals surface area contributed by atoms with Gasteiger partial charge in [-0.2, -0.15) is 0 Å². The molecule has 31 heavy (non-hydrogen) atoms. The van der Waals surface area contributed by atoms with E-state index in [1.165, 1.54) is 12.1 Å². The van der Waals surface area contributed by atoms with Gasteiger partial charge in [0.1, 0.15) is 11.6 Å². The lowest BCUT2D eigenvalue weighted by Crippen LogP contribution is -2.44. The Morgan fingerprint density at radius 2 is 2.06 bits per heavy atom. The third-order valence-electron chi connectivity index (χ3n) is 5.15. The number of guanidine groups is 1. The molecule has 0 bridgehead atoms. The molecule has 166 valence electrons. The molecule has 1 fully saturated rings. The molecule has 8 heteroatoms. The predicted octanol–water partition coefficient (Wildman–Crippen LogP) is 3.65. The molecule has 3 rings (SSSR count). The van der Waals surface area contributed by atoms with Crippen molar-refractivity contribution >= 4 is 23.2 Å². The van der Waals surface area contributed by atoms with Crippen LogP contribution >= 0.6 is 0 Å². The van der Waals surface area contributed by atoms with Gasteiger partial charge in [0.15, 0.2) is 5.96 Å². The third kappa shape index (κ3) is 6.41. The number of rotatable bonds is 7. The van der Waals surface area contributed by atoms with Crippen molar-refractivity contribution in [2.75, 3.05) is 30.4 Å². The molecule has 0 saturated carbocycles. The largest absolute Gasteiger partial charge is 0.367 e. The Morgan fingerprint density at radius 3 is 2.81 bits per heavy atom. The molecule has 3 N–H and O–H groups in total. The second-order valence-corrected chi connectivity index (χ2v) is 7.60. The van der Waals surface area contributed by atoms with E-state index >= 15 is 0 Å². The van der Waals surface area contributed by atoms with Crippen LogP contribution < -0.4 is 20.9 Å². The van der Waals surface area contributed by atoms with Gasteiger partial charge in [0, 0.05) is 50.9 Å². The predicted molar refractivity (Wildman–Crippen MR) is 120 cm³/mol. The molecular formula is C23H29F2N5O. The van der Waals surface area contributed by atoms with Crippen LogP contribution in [0.2, 0.25) is 0 Å². The van der Waals surface area contributed by atoms with Gasteiger partial charge in [0.2, 0.25) is 5.91 Å². The number of carbonyl (C=O) groups is 1. The normalized spacial score (nSPS) is 16.3. The maximum Gasteiger partial charge on any atom is 0.224 e. The third-order valence-corrected chi connectivity index (χ3v) is 5.15. The monoisotopic (exact) mass is 429 g/mol.